The number of nitrogens with two attached hydrogens (primary N) is 1. The highest BCUT2D eigenvalue weighted by Gasteiger charge is 2.05. The van der Waals surface area contributed by atoms with Gasteiger partial charge in [-0.05, 0) is 32.3 Å². The Balaban J connectivity index is 2.54. The lowest BCUT2D eigenvalue weighted by Crippen LogP contribution is -1.85. The number of nitrogen functional groups attached to an aromatic ring is 1. The molecule has 18 heavy (non-hydrogen) atoms. The topological polar surface area (TPSA) is 51.8 Å². The number of aromatic nitrogens is 2. The van der Waals surface area contributed by atoms with Crippen LogP contribution in [0.25, 0.3) is 5.57 Å². The molecule has 1 aromatic rings. The molecule has 0 radical (unpaired) electrons. The summed E-state index contributed by atoms with van der Waals surface area (Å²) < 4.78 is 0. The van der Waals surface area contributed by atoms with Crippen molar-refractivity contribution >= 4 is 22.0 Å². The van der Waals surface area contributed by atoms with Gasteiger partial charge in [0.1, 0.15) is 5.01 Å². The summed E-state index contributed by atoms with van der Waals surface area (Å²) in [5.74, 6) is 0. The van der Waals surface area contributed by atoms with Crippen molar-refractivity contribution in [3.05, 3.63) is 47.5 Å². The molecule has 4 heteroatoms. The van der Waals surface area contributed by atoms with Crippen LogP contribution in [0.5, 0.6) is 0 Å². The molecule has 0 atom stereocenters. The molecule has 0 saturated carbocycles. The second kappa shape index (κ2) is 6.91. The molecule has 0 aromatic carbocycles. The van der Waals surface area contributed by atoms with Crippen LogP contribution < -0.4 is 5.73 Å². The third kappa shape index (κ3) is 4.67. The summed E-state index contributed by atoms with van der Waals surface area (Å²) in [6, 6.07) is 0. The molecule has 0 spiro atoms. The predicted octanol–water partition coefficient (Wildman–Crippen LogP) is 3.99. The number of hydrogen-bond acceptors (Lipinski definition) is 4. The van der Waals surface area contributed by atoms with Gasteiger partial charge in [-0.15, -0.1) is 10.2 Å². The minimum Gasteiger partial charge on any atom is -0.374 e. The van der Waals surface area contributed by atoms with Crippen molar-refractivity contribution in [3.63, 3.8) is 0 Å². The van der Waals surface area contributed by atoms with Gasteiger partial charge in [-0.1, -0.05) is 53.9 Å². The lowest BCUT2D eigenvalue weighted by Gasteiger charge is -2.03. The molecule has 96 valence electrons. The average molecular weight is 261 g/mol. The van der Waals surface area contributed by atoms with Crippen molar-refractivity contribution in [3.8, 4) is 0 Å². The van der Waals surface area contributed by atoms with Crippen molar-refractivity contribution in [2.45, 2.75) is 26.7 Å². The van der Waals surface area contributed by atoms with E-state index in [0.717, 1.165) is 29.0 Å². The Bertz CT molecular complexity index is 495. The van der Waals surface area contributed by atoms with Crippen LogP contribution in [0.3, 0.4) is 0 Å². The molecule has 0 bridgehead atoms. The van der Waals surface area contributed by atoms with E-state index in [1.165, 1.54) is 16.9 Å². The van der Waals surface area contributed by atoms with E-state index in [9.17, 15) is 0 Å². The molecule has 0 aliphatic rings. The lowest BCUT2D eigenvalue weighted by molar-refractivity contribution is 0.999. The number of allylic oxidation sites excluding steroid dienone is 6. The third-order valence-corrected chi connectivity index (χ3v) is 3.27. The molecule has 0 aliphatic carbocycles. The largest absolute Gasteiger partial charge is 0.374 e. The first-order valence-electron chi connectivity index (χ1n) is 5.79. The summed E-state index contributed by atoms with van der Waals surface area (Å²) in [5.41, 5.74) is 8.84. The van der Waals surface area contributed by atoms with Crippen LogP contribution in [0, 0.1) is 0 Å². The van der Waals surface area contributed by atoms with Gasteiger partial charge in [0.2, 0.25) is 5.13 Å². The van der Waals surface area contributed by atoms with Crippen LogP contribution in [0.1, 0.15) is 31.7 Å². The van der Waals surface area contributed by atoms with E-state index in [1.807, 2.05) is 19.9 Å². The maximum Gasteiger partial charge on any atom is 0.203 e. The van der Waals surface area contributed by atoms with Gasteiger partial charge in [-0.3, -0.25) is 0 Å². The molecule has 0 aliphatic heterocycles. The van der Waals surface area contributed by atoms with E-state index in [4.69, 9.17) is 5.73 Å². The van der Waals surface area contributed by atoms with Gasteiger partial charge < -0.3 is 5.73 Å². The highest BCUT2D eigenvalue weighted by atomic mass is 32.1. The second-order valence-electron chi connectivity index (χ2n) is 4.09. The Morgan fingerprint density at radius 3 is 2.50 bits per heavy atom. The van der Waals surface area contributed by atoms with Crippen LogP contribution in [-0.4, -0.2) is 10.2 Å². The molecule has 1 aromatic heterocycles. The van der Waals surface area contributed by atoms with Gasteiger partial charge in [0, 0.05) is 0 Å². The fourth-order valence-electron chi connectivity index (χ4n) is 1.35. The molecule has 0 unspecified atom stereocenters. The van der Waals surface area contributed by atoms with E-state index >= 15 is 0 Å². The average Bonchev–Trinajstić information content (AvgIpc) is 2.75. The summed E-state index contributed by atoms with van der Waals surface area (Å²) in [6.07, 6.45) is 7.99. The van der Waals surface area contributed by atoms with Crippen molar-refractivity contribution in [2.75, 3.05) is 5.73 Å². The van der Waals surface area contributed by atoms with Crippen molar-refractivity contribution in [2.24, 2.45) is 0 Å². The minimum atomic E-state index is 0.486. The van der Waals surface area contributed by atoms with Crippen molar-refractivity contribution in [1.29, 1.82) is 0 Å². The van der Waals surface area contributed by atoms with Gasteiger partial charge in [0.05, 0.1) is 0 Å². The molecule has 3 nitrogen and oxygen atoms in total. The maximum atomic E-state index is 5.55. The standard InChI is InChI=1S/C14H19N3S/c1-5-12(8-6-10(2)3)9-7-11(4)13-16-17-14(15)18-13/h5-6,8H,2,4,7,9H2,1,3H3,(H2,15,17)/b8-6-,12-5+. The fraction of sp³-hybridized carbons (Fsp3) is 0.286. The smallest absolute Gasteiger partial charge is 0.203 e. The summed E-state index contributed by atoms with van der Waals surface area (Å²) in [7, 11) is 0. The van der Waals surface area contributed by atoms with Crippen LogP contribution >= 0.6 is 11.3 Å². The van der Waals surface area contributed by atoms with Crippen LogP contribution in [0.4, 0.5) is 5.13 Å². The first-order valence-corrected chi connectivity index (χ1v) is 6.60. The normalized spacial score (nSPS) is 12.0. The summed E-state index contributed by atoms with van der Waals surface area (Å²) in [4.78, 5) is 0. The molecule has 1 heterocycles. The highest BCUT2D eigenvalue weighted by molar-refractivity contribution is 7.16. The maximum absolute atomic E-state index is 5.55. The summed E-state index contributed by atoms with van der Waals surface area (Å²) in [5, 5.41) is 9.09. The fourth-order valence-corrected chi connectivity index (χ4v) is 1.96. The molecule has 0 fully saturated rings. The zero-order valence-corrected chi connectivity index (χ0v) is 11.8. The predicted molar refractivity (Wildman–Crippen MR) is 80.3 cm³/mol. The van der Waals surface area contributed by atoms with E-state index in [0.29, 0.717) is 5.13 Å². The molecule has 2 N–H and O–H groups in total. The number of nitrogens with zero attached hydrogens (tertiary/aromatic N) is 2. The van der Waals surface area contributed by atoms with E-state index < -0.39 is 0 Å². The van der Waals surface area contributed by atoms with Crippen LogP contribution in [0.15, 0.2) is 42.5 Å². The molecule has 0 saturated heterocycles. The van der Waals surface area contributed by atoms with Crippen molar-refractivity contribution < 1.29 is 0 Å². The monoisotopic (exact) mass is 261 g/mol. The van der Waals surface area contributed by atoms with E-state index in [2.05, 4.69) is 35.5 Å². The Kier molecular flexibility index (Phi) is 5.52. The Labute approximate surface area is 112 Å². The zero-order valence-electron chi connectivity index (χ0n) is 10.9. The Hall–Kier alpha value is -1.68. The van der Waals surface area contributed by atoms with Crippen LogP contribution in [-0.2, 0) is 0 Å². The summed E-state index contributed by atoms with van der Waals surface area (Å²) in [6.45, 7) is 11.9. The van der Waals surface area contributed by atoms with E-state index in [1.54, 1.807) is 0 Å². The van der Waals surface area contributed by atoms with Gasteiger partial charge >= 0.3 is 0 Å². The zero-order chi connectivity index (χ0) is 13.5. The number of anilines is 1. The third-order valence-electron chi connectivity index (χ3n) is 2.41. The summed E-state index contributed by atoms with van der Waals surface area (Å²) >= 11 is 1.38. The SMILES string of the molecule is C=C(C)/C=C\C(=C/C)CCC(=C)c1nnc(N)s1. The van der Waals surface area contributed by atoms with Gasteiger partial charge in [-0.2, -0.15) is 0 Å². The second-order valence-corrected chi connectivity index (χ2v) is 5.10. The van der Waals surface area contributed by atoms with Crippen LogP contribution in [0.2, 0.25) is 0 Å². The molecule has 1 rings (SSSR count). The Morgan fingerprint density at radius 1 is 1.28 bits per heavy atom. The first kappa shape index (κ1) is 14.4. The Morgan fingerprint density at radius 2 is 2.00 bits per heavy atom. The first-order chi connectivity index (χ1) is 8.52. The molecule has 0 amide bonds. The van der Waals surface area contributed by atoms with E-state index in [-0.39, 0.29) is 0 Å². The molecular formula is C14H19N3S. The lowest BCUT2D eigenvalue weighted by atomic mass is 10.0. The van der Waals surface area contributed by atoms with Crippen molar-refractivity contribution in [1.82, 2.24) is 10.2 Å². The number of hydrogen-bond donors (Lipinski definition) is 1. The quantitative estimate of drug-likeness (QED) is 0.788. The van der Waals surface area contributed by atoms with Gasteiger partial charge in [-0.25, -0.2) is 0 Å². The van der Waals surface area contributed by atoms with Gasteiger partial charge in [0.15, 0.2) is 0 Å². The highest BCUT2D eigenvalue weighted by Crippen LogP contribution is 2.24. The number of rotatable bonds is 6. The van der Waals surface area contributed by atoms with Gasteiger partial charge in [0.25, 0.3) is 0 Å². The molecular weight excluding hydrogens is 242 g/mol. The minimum absolute atomic E-state index is 0.486.